The molecule has 1 saturated heterocycles. The molecule has 2 aliphatic heterocycles. The molecule has 0 spiro atoms. The van der Waals surface area contributed by atoms with Crippen molar-refractivity contribution in [2.45, 2.75) is 181 Å². The standard InChI is InChI=1S/C67H105N12O18P/c1-15-41(8)57(50(95-13)35-53(82)78-33-20-24-48(78)59(96-14)42(9)60(84)71-43(10)58(83)45-21-17-16-18-22-45)76(11)65(89)55(39(4)5)75-64(88)56(40(6)7)77(12)67(91)97-37-44-25-27-46(28-26-44)72-61(85)47(23-19-31-70-66(68)90)73-63(87)54(38(2)3)74-62(86)49(36-69-32-34-98(92,93)94)79-51(80)29-30-52(79)81/h16-18,21-22,25-30,38-43,47-50,54-59,69,83H,15,19-20,23-24,31-37H2,1-14H3,(H,71,84)(H,72,85)(H,73,87)(H,74,86)(H,75,88)(H3,68,70,90)(H2,92,93,94)/t41-,42+,43-,47-,48-,49?,50+,54-,55-,56+,57+,58-,59-/m0/s1. The number of benzene rings is 2. The molecule has 98 heavy (non-hydrogen) atoms. The van der Waals surface area contributed by atoms with Crippen LogP contribution >= 0.6 is 7.60 Å². The molecule has 2 heterocycles. The summed E-state index contributed by atoms with van der Waals surface area (Å²) in [5.74, 6) is -8.27. The zero-order chi connectivity index (χ0) is 73.5. The van der Waals surface area contributed by atoms with Gasteiger partial charge in [-0.25, -0.2) is 9.59 Å². The minimum Gasteiger partial charge on any atom is -0.445 e. The van der Waals surface area contributed by atoms with Crippen LogP contribution in [0, 0.1) is 29.6 Å². The first-order chi connectivity index (χ1) is 46.1. The Hall–Kier alpha value is -7.86. The quantitative estimate of drug-likeness (QED) is 0.0260. The predicted octanol–water partition coefficient (Wildman–Crippen LogP) is 2.65. The van der Waals surface area contributed by atoms with E-state index in [9.17, 15) is 72.2 Å². The van der Waals surface area contributed by atoms with Crippen LogP contribution in [0.15, 0.2) is 66.7 Å². The van der Waals surface area contributed by atoms with Crippen molar-refractivity contribution >= 4 is 78.6 Å². The van der Waals surface area contributed by atoms with E-state index in [-0.39, 0.29) is 62.4 Å². The first-order valence-corrected chi connectivity index (χ1v) is 35.1. The lowest BCUT2D eigenvalue weighted by molar-refractivity contribution is -0.148. The molecule has 12 N–H and O–H groups in total. The highest BCUT2D eigenvalue weighted by molar-refractivity contribution is 7.51. The minimum atomic E-state index is -4.44. The molecule has 0 aliphatic carbocycles. The molecule has 2 aromatic rings. The molecule has 13 atom stereocenters. The minimum absolute atomic E-state index is 0.0262. The molecule has 12 amide bonds. The highest BCUT2D eigenvalue weighted by atomic mass is 31.2. The number of likely N-dealkylation sites (N-methyl/N-ethyl adjacent to an activating group) is 2. The van der Waals surface area contributed by atoms with E-state index in [1.807, 2.05) is 32.0 Å². The van der Waals surface area contributed by atoms with Gasteiger partial charge in [0.05, 0.1) is 54.9 Å². The van der Waals surface area contributed by atoms with Crippen LogP contribution in [0.5, 0.6) is 0 Å². The molecule has 2 aliphatic rings. The fourth-order valence-corrected chi connectivity index (χ4v) is 12.6. The van der Waals surface area contributed by atoms with E-state index in [1.54, 1.807) is 91.6 Å². The summed E-state index contributed by atoms with van der Waals surface area (Å²) in [4.78, 5) is 173. The summed E-state index contributed by atoms with van der Waals surface area (Å²) >= 11 is 0. The van der Waals surface area contributed by atoms with Crippen molar-refractivity contribution in [3.8, 4) is 0 Å². The summed E-state index contributed by atoms with van der Waals surface area (Å²) in [7, 11) is 1.56. The summed E-state index contributed by atoms with van der Waals surface area (Å²) < 4.78 is 29.2. The van der Waals surface area contributed by atoms with Crippen molar-refractivity contribution < 1.29 is 86.4 Å². The van der Waals surface area contributed by atoms with E-state index in [0.717, 1.165) is 17.1 Å². The number of nitrogens with one attached hydrogen (secondary N) is 7. The van der Waals surface area contributed by atoms with Crippen molar-refractivity contribution in [3.05, 3.63) is 77.9 Å². The monoisotopic (exact) mass is 1400 g/mol. The predicted molar refractivity (Wildman–Crippen MR) is 364 cm³/mol. The Bertz CT molecular complexity index is 3100. The second kappa shape index (κ2) is 39.1. The smallest absolute Gasteiger partial charge is 0.410 e. The number of aliphatic hydroxyl groups excluding tert-OH is 1. The van der Waals surface area contributed by atoms with Crippen molar-refractivity contribution in [2.75, 3.05) is 66.0 Å². The Morgan fingerprint density at radius 1 is 0.735 bits per heavy atom. The topological polar surface area (TPSA) is 416 Å². The molecule has 30 nitrogen and oxygen atoms in total. The first kappa shape index (κ1) is 82.6. The second-order valence-electron chi connectivity index (χ2n) is 26.2. The van der Waals surface area contributed by atoms with Gasteiger partial charge in [-0.3, -0.25) is 57.5 Å². The van der Waals surface area contributed by atoms with Gasteiger partial charge in [-0.05, 0) is 79.5 Å². The molecule has 0 bridgehead atoms. The molecule has 2 aromatic carbocycles. The summed E-state index contributed by atoms with van der Waals surface area (Å²) in [5.41, 5.74) is 6.62. The van der Waals surface area contributed by atoms with Crippen molar-refractivity contribution in [1.82, 2.24) is 51.5 Å². The molecule has 0 aromatic heterocycles. The van der Waals surface area contributed by atoms with Crippen LogP contribution < -0.4 is 43.0 Å². The number of ether oxygens (including phenoxy) is 3. The van der Waals surface area contributed by atoms with E-state index in [2.05, 4.69) is 37.2 Å². The zero-order valence-electron chi connectivity index (χ0n) is 58.9. The Morgan fingerprint density at radius 2 is 1.35 bits per heavy atom. The fraction of sp³-hybridized carbons (Fsp3) is 0.627. The number of rotatable bonds is 39. The van der Waals surface area contributed by atoms with Crippen LogP contribution in [0.2, 0.25) is 0 Å². The highest BCUT2D eigenvalue weighted by Gasteiger charge is 2.45. The third kappa shape index (κ3) is 24.0. The van der Waals surface area contributed by atoms with Crippen molar-refractivity contribution in [1.29, 1.82) is 0 Å². The summed E-state index contributed by atoms with van der Waals surface area (Å²) in [5, 5.41) is 29.8. The van der Waals surface area contributed by atoms with Gasteiger partial charge in [0.15, 0.2) is 0 Å². The van der Waals surface area contributed by atoms with Crippen LogP contribution in [0.4, 0.5) is 15.3 Å². The number of nitrogens with two attached hydrogens (primary N) is 1. The van der Waals surface area contributed by atoms with Gasteiger partial charge >= 0.3 is 19.7 Å². The van der Waals surface area contributed by atoms with Crippen molar-refractivity contribution in [3.63, 3.8) is 0 Å². The molecule has 546 valence electrons. The summed E-state index contributed by atoms with van der Waals surface area (Å²) in [6, 6.07) is 6.22. The molecule has 0 saturated carbocycles. The van der Waals surface area contributed by atoms with E-state index < -0.39 is 164 Å². The van der Waals surface area contributed by atoms with Crippen LogP contribution in [-0.4, -0.2) is 221 Å². The first-order valence-electron chi connectivity index (χ1n) is 33.3. The number of urea groups is 1. The third-order valence-electron chi connectivity index (χ3n) is 17.9. The van der Waals surface area contributed by atoms with Crippen LogP contribution in [-0.2, 0) is 68.5 Å². The van der Waals surface area contributed by atoms with E-state index in [0.29, 0.717) is 41.8 Å². The van der Waals surface area contributed by atoms with Gasteiger partial charge < -0.3 is 81.9 Å². The molecule has 4 rings (SSSR count). The van der Waals surface area contributed by atoms with Crippen LogP contribution in [0.25, 0.3) is 0 Å². The largest absolute Gasteiger partial charge is 0.445 e. The number of methoxy groups -OCH3 is 2. The lowest BCUT2D eigenvalue weighted by Crippen LogP contribution is -2.60. The Balaban J connectivity index is 1.42. The maximum Gasteiger partial charge on any atom is 0.410 e. The lowest BCUT2D eigenvalue weighted by Gasteiger charge is -2.41. The number of primary amides is 1. The van der Waals surface area contributed by atoms with Gasteiger partial charge in [0.2, 0.25) is 41.4 Å². The van der Waals surface area contributed by atoms with Gasteiger partial charge in [-0.15, -0.1) is 0 Å². The van der Waals surface area contributed by atoms with E-state index in [4.69, 9.17) is 19.9 Å². The zero-order valence-corrected chi connectivity index (χ0v) is 59.7. The number of amides is 12. The normalized spacial score (nSPS) is 17.7. The number of carbonyl (C=O) groups excluding carboxylic acids is 11. The number of carbonyl (C=O) groups is 11. The lowest BCUT2D eigenvalue weighted by atomic mass is 9.89. The van der Waals surface area contributed by atoms with Crippen LogP contribution in [0.1, 0.15) is 125 Å². The number of anilines is 1. The highest BCUT2D eigenvalue weighted by Crippen LogP contribution is 2.33. The molecule has 31 heteroatoms. The maximum atomic E-state index is 14.8. The number of hydrogen-bond donors (Lipinski definition) is 11. The molecule has 1 fully saturated rings. The third-order valence-corrected chi connectivity index (χ3v) is 18.7. The van der Waals surface area contributed by atoms with Gasteiger partial charge in [0.25, 0.3) is 11.8 Å². The van der Waals surface area contributed by atoms with Gasteiger partial charge in [-0.2, -0.15) is 0 Å². The summed E-state index contributed by atoms with van der Waals surface area (Å²) in [6.07, 6.45) is -0.168. The molecular formula is C67H105N12O18P. The van der Waals surface area contributed by atoms with Gasteiger partial charge in [0, 0.05) is 72.3 Å². The van der Waals surface area contributed by atoms with Gasteiger partial charge in [0.1, 0.15) is 36.8 Å². The Kier molecular flexibility index (Phi) is 32.9. The second-order valence-corrected chi connectivity index (χ2v) is 28.0. The number of aliphatic hydroxyl groups is 1. The fourth-order valence-electron chi connectivity index (χ4n) is 12.2. The maximum absolute atomic E-state index is 14.8. The Morgan fingerprint density at radius 3 is 1.90 bits per heavy atom. The SMILES string of the molecule is CC[C@H](C)[C@H]([C@@H](CC(=O)N1CCC[C@H]1[C@@H](OC)[C@@H](C)C(=O)N[C@@H](C)[C@H](O)c1ccccc1)OC)N(C)C(=O)[C@@H](NC(=O)[C@@H](C(C)C)N(C)C(=O)OCc1ccc(NC(=O)[C@H](CCCNC(N)=O)NC(=O)[C@@H](NC(=O)C(CNCCP(=O)(O)O)N2C(=O)C=CC2=O)C(C)C)cc1)C(C)C. The molecule has 0 radical (unpaired) electrons. The van der Waals surface area contributed by atoms with Crippen molar-refractivity contribution in [2.24, 2.45) is 35.3 Å². The number of hydrogen-bond acceptors (Lipinski definition) is 17. The number of nitrogens with zero attached hydrogens (tertiary/aromatic N) is 4. The van der Waals surface area contributed by atoms with Crippen LogP contribution in [0.3, 0.4) is 0 Å². The summed E-state index contributed by atoms with van der Waals surface area (Å²) in [6.45, 7) is 17.1. The van der Waals surface area contributed by atoms with E-state index >= 15 is 0 Å². The number of likely N-dealkylation sites (tertiary alicyclic amines) is 1. The molecular weight excluding hydrogens is 1290 g/mol. The average Bonchev–Trinajstić information content (AvgIpc) is 1.15. The average molecular weight is 1400 g/mol. The molecule has 1 unspecified atom stereocenters. The van der Waals surface area contributed by atoms with Gasteiger partial charge in [-0.1, -0.05) is 111 Å². The van der Waals surface area contributed by atoms with E-state index in [1.165, 1.54) is 38.3 Å². The number of imide groups is 1. The Labute approximate surface area is 574 Å².